The SMILES string of the molecule is CCC1(C(=O)O)CCN(C(=O)NCC(C)C2CC2)C1. The zero-order valence-corrected chi connectivity index (χ0v) is 11.8. The van der Waals surface area contributed by atoms with E-state index in [-0.39, 0.29) is 6.03 Å². The molecule has 1 aliphatic heterocycles. The van der Waals surface area contributed by atoms with Gasteiger partial charge in [0.2, 0.25) is 0 Å². The maximum absolute atomic E-state index is 12.0. The van der Waals surface area contributed by atoms with Crippen molar-refractivity contribution in [3.63, 3.8) is 0 Å². The van der Waals surface area contributed by atoms with E-state index in [0.717, 1.165) is 5.92 Å². The molecule has 5 nitrogen and oxygen atoms in total. The van der Waals surface area contributed by atoms with Crippen molar-refractivity contribution >= 4 is 12.0 Å². The van der Waals surface area contributed by atoms with E-state index in [0.29, 0.717) is 38.4 Å². The smallest absolute Gasteiger partial charge is 0.317 e. The zero-order valence-electron chi connectivity index (χ0n) is 11.8. The second-order valence-corrected chi connectivity index (χ2v) is 6.11. The molecule has 0 spiro atoms. The van der Waals surface area contributed by atoms with Gasteiger partial charge in [0.15, 0.2) is 0 Å². The van der Waals surface area contributed by atoms with E-state index in [4.69, 9.17) is 0 Å². The molecule has 1 heterocycles. The van der Waals surface area contributed by atoms with Gasteiger partial charge in [0.1, 0.15) is 0 Å². The molecular formula is C14H24N2O3. The largest absolute Gasteiger partial charge is 0.481 e. The van der Waals surface area contributed by atoms with Gasteiger partial charge in [0, 0.05) is 19.6 Å². The summed E-state index contributed by atoms with van der Waals surface area (Å²) in [6, 6.07) is -0.107. The molecule has 1 aliphatic carbocycles. The molecule has 0 aromatic heterocycles. The Bertz CT molecular complexity index is 368. The third-order valence-electron chi connectivity index (χ3n) is 4.77. The van der Waals surface area contributed by atoms with Crippen LogP contribution in [0.4, 0.5) is 4.79 Å². The normalized spacial score (nSPS) is 28.2. The molecule has 1 saturated carbocycles. The van der Waals surface area contributed by atoms with Crippen LogP contribution in [0.2, 0.25) is 0 Å². The number of hydrogen-bond acceptors (Lipinski definition) is 2. The van der Waals surface area contributed by atoms with Gasteiger partial charge in [0.05, 0.1) is 5.41 Å². The Labute approximate surface area is 114 Å². The number of likely N-dealkylation sites (tertiary alicyclic amines) is 1. The van der Waals surface area contributed by atoms with Gasteiger partial charge in [-0.3, -0.25) is 4.79 Å². The van der Waals surface area contributed by atoms with Gasteiger partial charge >= 0.3 is 12.0 Å². The number of carbonyl (C=O) groups excluding carboxylic acids is 1. The highest BCUT2D eigenvalue weighted by atomic mass is 16.4. The highest BCUT2D eigenvalue weighted by Gasteiger charge is 2.44. The molecule has 2 amide bonds. The van der Waals surface area contributed by atoms with E-state index >= 15 is 0 Å². The lowest BCUT2D eigenvalue weighted by molar-refractivity contribution is -0.148. The first-order valence-corrected chi connectivity index (χ1v) is 7.24. The summed E-state index contributed by atoms with van der Waals surface area (Å²) in [5, 5.41) is 12.2. The highest BCUT2D eigenvalue weighted by Crippen LogP contribution is 2.36. The highest BCUT2D eigenvalue weighted by molar-refractivity contribution is 5.79. The topological polar surface area (TPSA) is 69.6 Å². The first kappa shape index (κ1) is 14.2. The van der Waals surface area contributed by atoms with Crippen LogP contribution < -0.4 is 5.32 Å². The molecule has 0 radical (unpaired) electrons. The molecule has 2 atom stereocenters. The van der Waals surface area contributed by atoms with E-state index < -0.39 is 11.4 Å². The van der Waals surface area contributed by atoms with Crippen molar-refractivity contribution in [3.05, 3.63) is 0 Å². The van der Waals surface area contributed by atoms with Crippen LogP contribution in [0.25, 0.3) is 0 Å². The summed E-state index contributed by atoms with van der Waals surface area (Å²) >= 11 is 0. The van der Waals surface area contributed by atoms with Crippen molar-refractivity contribution in [3.8, 4) is 0 Å². The van der Waals surface area contributed by atoms with Crippen LogP contribution in [0.5, 0.6) is 0 Å². The number of amides is 2. The Morgan fingerprint density at radius 1 is 1.47 bits per heavy atom. The number of nitrogens with one attached hydrogen (secondary N) is 1. The van der Waals surface area contributed by atoms with Crippen molar-refractivity contribution in [2.24, 2.45) is 17.3 Å². The summed E-state index contributed by atoms with van der Waals surface area (Å²) in [7, 11) is 0. The lowest BCUT2D eigenvalue weighted by atomic mass is 9.84. The second kappa shape index (κ2) is 5.39. The van der Waals surface area contributed by atoms with Crippen molar-refractivity contribution in [2.75, 3.05) is 19.6 Å². The lowest BCUT2D eigenvalue weighted by Crippen LogP contribution is -2.43. The van der Waals surface area contributed by atoms with Crippen molar-refractivity contribution < 1.29 is 14.7 Å². The number of rotatable bonds is 5. The van der Waals surface area contributed by atoms with E-state index in [9.17, 15) is 14.7 Å². The Balaban J connectivity index is 1.82. The van der Waals surface area contributed by atoms with Gasteiger partial charge in [0.25, 0.3) is 0 Å². The second-order valence-electron chi connectivity index (χ2n) is 6.11. The fraction of sp³-hybridized carbons (Fsp3) is 0.857. The predicted octanol–water partition coefficient (Wildman–Crippen LogP) is 1.93. The number of carbonyl (C=O) groups is 2. The lowest BCUT2D eigenvalue weighted by Gasteiger charge is -2.23. The van der Waals surface area contributed by atoms with Crippen LogP contribution in [-0.2, 0) is 4.79 Å². The van der Waals surface area contributed by atoms with Crippen LogP contribution in [0.15, 0.2) is 0 Å². The molecule has 0 bridgehead atoms. The van der Waals surface area contributed by atoms with Crippen LogP contribution in [-0.4, -0.2) is 41.6 Å². The molecule has 1 saturated heterocycles. The third-order valence-corrected chi connectivity index (χ3v) is 4.77. The van der Waals surface area contributed by atoms with Crippen LogP contribution in [0, 0.1) is 17.3 Å². The number of carboxylic acids is 1. The Hall–Kier alpha value is -1.26. The molecule has 2 N–H and O–H groups in total. The maximum Gasteiger partial charge on any atom is 0.317 e. The summed E-state index contributed by atoms with van der Waals surface area (Å²) in [6.07, 6.45) is 3.69. The van der Waals surface area contributed by atoms with Crippen molar-refractivity contribution in [2.45, 2.75) is 39.5 Å². The van der Waals surface area contributed by atoms with E-state index in [1.54, 1.807) is 4.90 Å². The van der Waals surface area contributed by atoms with Crippen LogP contribution >= 0.6 is 0 Å². The Morgan fingerprint density at radius 2 is 2.16 bits per heavy atom. The monoisotopic (exact) mass is 268 g/mol. The molecule has 2 rings (SSSR count). The van der Waals surface area contributed by atoms with E-state index in [1.165, 1.54) is 12.8 Å². The Morgan fingerprint density at radius 3 is 2.63 bits per heavy atom. The summed E-state index contributed by atoms with van der Waals surface area (Å²) in [5.41, 5.74) is -0.737. The molecule has 5 heteroatoms. The van der Waals surface area contributed by atoms with Crippen molar-refractivity contribution in [1.29, 1.82) is 0 Å². The van der Waals surface area contributed by atoms with Gasteiger partial charge in [-0.2, -0.15) is 0 Å². The van der Waals surface area contributed by atoms with E-state index in [2.05, 4.69) is 12.2 Å². The van der Waals surface area contributed by atoms with Gasteiger partial charge in [-0.15, -0.1) is 0 Å². The fourth-order valence-electron chi connectivity index (χ4n) is 2.85. The first-order valence-electron chi connectivity index (χ1n) is 7.24. The maximum atomic E-state index is 12.0. The Kier molecular flexibility index (Phi) is 4.02. The van der Waals surface area contributed by atoms with Crippen LogP contribution in [0.3, 0.4) is 0 Å². The number of urea groups is 1. The number of nitrogens with zero attached hydrogens (tertiary/aromatic N) is 1. The fourth-order valence-corrected chi connectivity index (χ4v) is 2.85. The van der Waals surface area contributed by atoms with E-state index in [1.807, 2.05) is 6.92 Å². The summed E-state index contributed by atoms with van der Waals surface area (Å²) < 4.78 is 0. The number of hydrogen-bond donors (Lipinski definition) is 2. The molecule has 108 valence electrons. The minimum atomic E-state index is -0.781. The minimum Gasteiger partial charge on any atom is -0.481 e. The average molecular weight is 268 g/mol. The predicted molar refractivity (Wildman–Crippen MR) is 71.8 cm³/mol. The minimum absolute atomic E-state index is 0.107. The number of aliphatic carboxylic acids is 1. The van der Waals surface area contributed by atoms with Crippen molar-refractivity contribution in [1.82, 2.24) is 10.2 Å². The zero-order chi connectivity index (χ0) is 14.0. The van der Waals surface area contributed by atoms with Gasteiger partial charge in [-0.25, -0.2) is 4.79 Å². The quantitative estimate of drug-likeness (QED) is 0.800. The number of carboxylic acid groups (broad SMARTS) is 1. The van der Waals surface area contributed by atoms with Crippen LogP contribution in [0.1, 0.15) is 39.5 Å². The molecule has 0 aromatic carbocycles. The first-order chi connectivity index (χ1) is 8.98. The standard InChI is InChI=1S/C14H24N2O3/c1-3-14(12(17)18)6-7-16(9-14)13(19)15-8-10(2)11-4-5-11/h10-11H,3-9H2,1-2H3,(H,15,19)(H,17,18). The summed E-state index contributed by atoms with van der Waals surface area (Å²) in [4.78, 5) is 25.0. The molecule has 0 aromatic rings. The average Bonchev–Trinajstić information content (AvgIpc) is 3.14. The third kappa shape index (κ3) is 3.01. The molecule has 19 heavy (non-hydrogen) atoms. The summed E-state index contributed by atoms with van der Waals surface area (Å²) in [6.45, 7) is 5.62. The molecule has 2 unspecified atom stereocenters. The molecule has 2 aliphatic rings. The van der Waals surface area contributed by atoms with Gasteiger partial charge in [-0.1, -0.05) is 13.8 Å². The summed E-state index contributed by atoms with van der Waals surface area (Å²) in [5.74, 6) is 0.520. The molecular weight excluding hydrogens is 244 g/mol. The molecule has 2 fully saturated rings. The van der Waals surface area contributed by atoms with Gasteiger partial charge in [-0.05, 0) is 37.5 Å². The van der Waals surface area contributed by atoms with Gasteiger partial charge < -0.3 is 15.3 Å².